The minimum absolute atomic E-state index is 0.662. The lowest BCUT2D eigenvalue weighted by Crippen LogP contribution is -2.18. The molecular formula is C18H31NO2. The summed E-state index contributed by atoms with van der Waals surface area (Å²) in [5.41, 5.74) is 1.22. The van der Waals surface area contributed by atoms with E-state index in [1.807, 2.05) is 6.07 Å². The molecule has 0 amide bonds. The highest BCUT2D eigenvalue weighted by molar-refractivity contribution is 5.42. The summed E-state index contributed by atoms with van der Waals surface area (Å²) in [6, 6.07) is 6.18. The molecule has 0 spiro atoms. The van der Waals surface area contributed by atoms with Crippen LogP contribution in [0.5, 0.6) is 11.5 Å². The summed E-state index contributed by atoms with van der Waals surface area (Å²) in [5, 5.41) is 3.44. The molecule has 0 heterocycles. The predicted octanol–water partition coefficient (Wildman–Crippen LogP) is 4.26. The summed E-state index contributed by atoms with van der Waals surface area (Å²) in [5.74, 6) is 3.05. The van der Waals surface area contributed by atoms with Crippen molar-refractivity contribution >= 4 is 0 Å². The lowest BCUT2D eigenvalue weighted by molar-refractivity contribution is 0.279. The van der Waals surface area contributed by atoms with Crippen molar-refractivity contribution in [3.8, 4) is 11.5 Å². The van der Waals surface area contributed by atoms with Crippen molar-refractivity contribution < 1.29 is 9.47 Å². The van der Waals surface area contributed by atoms with Crippen LogP contribution in [0.25, 0.3) is 0 Å². The molecule has 0 saturated carbocycles. The lowest BCUT2D eigenvalue weighted by atomic mass is 10.1. The number of hydrogen-bond donors (Lipinski definition) is 1. The first kappa shape index (κ1) is 17.8. The number of ether oxygens (including phenoxy) is 2. The van der Waals surface area contributed by atoms with Crippen LogP contribution in [0, 0.1) is 11.8 Å². The maximum atomic E-state index is 5.83. The second-order valence-corrected chi connectivity index (χ2v) is 6.39. The maximum Gasteiger partial charge on any atom is 0.161 e. The van der Waals surface area contributed by atoms with Crippen molar-refractivity contribution in [3.05, 3.63) is 23.8 Å². The Morgan fingerprint density at radius 1 is 1.05 bits per heavy atom. The smallest absolute Gasteiger partial charge is 0.161 e. The van der Waals surface area contributed by atoms with E-state index in [0.717, 1.165) is 43.5 Å². The highest BCUT2D eigenvalue weighted by Gasteiger charge is 2.06. The first-order chi connectivity index (χ1) is 10.0. The summed E-state index contributed by atoms with van der Waals surface area (Å²) >= 11 is 0. The Balaban J connectivity index is 2.49. The molecule has 3 nitrogen and oxygen atoms in total. The van der Waals surface area contributed by atoms with Gasteiger partial charge in [0.15, 0.2) is 11.5 Å². The fourth-order valence-electron chi connectivity index (χ4n) is 2.12. The molecule has 0 aromatic heterocycles. The van der Waals surface area contributed by atoms with Gasteiger partial charge in [0.2, 0.25) is 0 Å². The van der Waals surface area contributed by atoms with Crippen LogP contribution in [-0.2, 0) is 6.54 Å². The summed E-state index contributed by atoms with van der Waals surface area (Å²) in [7, 11) is 1.70. The van der Waals surface area contributed by atoms with Crippen LogP contribution in [0.15, 0.2) is 18.2 Å². The van der Waals surface area contributed by atoms with E-state index in [9.17, 15) is 0 Å². The third kappa shape index (κ3) is 7.37. The van der Waals surface area contributed by atoms with Gasteiger partial charge in [-0.2, -0.15) is 0 Å². The molecule has 1 rings (SSSR count). The quantitative estimate of drug-likeness (QED) is 0.654. The number of benzene rings is 1. The second-order valence-electron chi connectivity index (χ2n) is 6.39. The second kappa shape index (κ2) is 9.67. The van der Waals surface area contributed by atoms with Gasteiger partial charge in [0, 0.05) is 6.54 Å². The van der Waals surface area contributed by atoms with E-state index in [0.29, 0.717) is 5.92 Å². The van der Waals surface area contributed by atoms with Gasteiger partial charge in [-0.25, -0.2) is 0 Å². The van der Waals surface area contributed by atoms with Crippen LogP contribution in [0.4, 0.5) is 0 Å². The SMILES string of the molecule is COc1cc(CNCC(C)C)ccc1OCCCC(C)C. The predicted molar refractivity (Wildman–Crippen MR) is 89.1 cm³/mol. The normalized spacial score (nSPS) is 11.2. The van der Waals surface area contributed by atoms with Crippen molar-refractivity contribution in [2.45, 2.75) is 47.1 Å². The zero-order valence-corrected chi connectivity index (χ0v) is 14.2. The van der Waals surface area contributed by atoms with Crippen molar-refractivity contribution in [1.82, 2.24) is 5.32 Å². The van der Waals surface area contributed by atoms with E-state index >= 15 is 0 Å². The molecule has 120 valence electrons. The van der Waals surface area contributed by atoms with Crippen molar-refractivity contribution in [3.63, 3.8) is 0 Å². The minimum Gasteiger partial charge on any atom is -0.493 e. The molecule has 1 aromatic rings. The Hall–Kier alpha value is -1.22. The molecule has 21 heavy (non-hydrogen) atoms. The average Bonchev–Trinajstić information content (AvgIpc) is 2.43. The van der Waals surface area contributed by atoms with Gasteiger partial charge in [0.25, 0.3) is 0 Å². The molecule has 0 aliphatic rings. The van der Waals surface area contributed by atoms with Gasteiger partial charge in [-0.15, -0.1) is 0 Å². The van der Waals surface area contributed by atoms with Gasteiger partial charge in [-0.05, 0) is 48.9 Å². The van der Waals surface area contributed by atoms with E-state index in [1.165, 1.54) is 12.0 Å². The first-order valence-corrected chi connectivity index (χ1v) is 8.03. The van der Waals surface area contributed by atoms with Crippen molar-refractivity contribution in [1.29, 1.82) is 0 Å². The third-order valence-electron chi connectivity index (χ3n) is 3.29. The molecule has 0 saturated heterocycles. The average molecular weight is 293 g/mol. The topological polar surface area (TPSA) is 30.5 Å². The van der Waals surface area contributed by atoms with Gasteiger partial charge < -0.3 is 14.8 Å². The van der Waals surface area contributed by atoms with E-state index in [-0.39, 0.29) is 0 Å². The standard InChI is InChI=1S/C18H31NO2/c1-14(2)7-6-10-21-17-9-8-16(11-18(17)20-5)13-19-12-15(3)4/h8-9,11,14-15,19H,6-7,10,12-13H2,1-5H3. The van der Waals surface area contributed by atoms with Crippen LogP contribution in [-0.4, -0.2) is 20.3 Å². The Bertz CT molecular complexity index is 402. The summed E-state index contributed by atoms with van der Waals surface area (Å²) in [4.78, 5) is 0. The summed E-state index contributed by atoms with van der Waals surface area (Å²) in [6.45, 7) is 11.5. The van der Waals surface area contributed by atoms with Gasteiger partial charge in [0.05, 0.1) is 13.7 Å². The van der Waals surface area contributed by atoms with E-state index in [4.69, 9.17) is 9.47 Å². The van der Waals surface area contributed by atoms with E-state index < -0.39 is 0 Å². The Kier molecular flexibility index (Phi) is 8.21. The fraction of sp³-hybridized carbons (Fsp3) is 0.667. The Labute approximate surface area is 130 Å². The summed E-state index contributed by atoms with van der Waals surface area (Å²) in [6.07, 6.45) is 2.28. The van der Waals surface area contributed by atoms with E-state index in [1.54, 1.807) is 7.11 Å². The highest BCUT2D eigenvalue weighted by atomic mass is 16.5. The van der Waals surface area contributed by atoms with Gasteiger partial charge in [-0.1, -0.05) is 33.8 Å². The molecule has 1 aromatic carbocycles. The molecule has 1 N–H and O–H groups in total. The largest absolute Gasteiger partial charge is 0.493 e. The molecule has 0 radical (unpaired) electrons. The van der Waals surface area contributed by atoms with Gasteiger partial charge in [-0.3, -0.25) is 0 Å². The molecule has 0 fully saturated rings. The van der Waals surface area contributed by atoms with E-state index in [2.05, 4.69) is 45.1 Å². The zero-order chi connectivity index (χ0) is 15.7. The van der Waals surface area contributed by atoms with Crippen LogP contribution < -0.4 is 14.8 Å². The monoisotopic (exact) mass is 293 g/mol. The molecule has 0 aliphatic heterocycles. The molecule has 0 aliphatic carbocycles. The molecular weight excluding hydrogens is 262 g/mol. The number of rotatable bonds is 10. The summed E-state index contributed by atoms with van der Waals surface area (Å²) < 4.78 is 11.3. The third-order valence-corrected chi connectivity index (χ3v) is 3.29. The molecule has 0 bridgehead atoms. The lowest BCUT2D eigenvalue weighted by Gasteiger charge is -2.13. The number of hydrogen-bond acceptors (Lipinski definition) is 3. The zero-order valence-electron chi connectivity index (χ0n) is 14.2. The molecule has 0 atom stereocenters. The van der Waals surface area contributed by atoms with Crippen LogP contribution in [0.2, 0.25) is 0 Å². The number of methoxy groups -OCH3 is 1. The van der Waals surface area contributed by atoms with Crippen molar-refractivity contribution in [2.24, 2.45) is 11.8 Å². The maximum absolute atomic E-state index is 5.83. The minimum atomic E-state index is 0.662. The number of nitrogens with one attached hydrogen (secondary N) is 1. The molecule has 3 heteroatoms. The fourth-order valence-corrected chi connectivity index (χ4v) is 2.12. The van der Waals surface area contributed by atoms with Crippen LogP contribution >= 0.6 is 0 Å². The Morgan fingerprint density at radius 3 is 2.43 bits per heavy atom. The van der Waals surface area contributed by atoms with Crippen molar-refractivity contribution in [2.75, 3.05) is 20.3 Å². The van der Waals surface area contributed by atoms with Gasteiger partial charge in [0.1, 0.15) is 0 Å². The van der Waals surface area contributed by atoms with Gasteiger partial charge >= 0.3 is 0 Å². The Morgan fingerprint density at radius 2 is 1.81 bits per heavy atom. The highest BCUT2D eigenvalue weighted by Crippen LogP contribution is 2.28. The molecule has 0 unspecified atom stereocenters. The van der Waals surface area contributed by atoms with Crippen LogP contribution in [0.1, 0.15) is 46.1 Å². The van der Waals surface area contributed by atoms with Crippen LogP contribution in [0.3, 0.4) is 0 Å². The first-order valence-electron chi connectivity index (χ1n) is 8.03.